The predicted octanol–water partition coefficient (Wildman–Crippen LogP) is 5.68. The average Bonchev–Trinajstić information content (AvgIpc) is 3.18. The summed E-state index contributed by atoms with van der Waals surface area (Å²) in [6, 6.07) is 23.5. The molecule has 31 heavy (non-hydrogen) atoms. The number of aromatic amines is 1. The van der Waals surface area contributed by atoms with Crippen LogP contribution in [0, 0.1) is 6.92 Å². The molecule has 0 fully saturated rings. The number of hydrogen-bond donors (Lipinski definition) is 3. The predicted molar refractivity (Wildman–Crippen MR) is 131 cm³/mol. The first-order valence-corrected chi connectivity index (χ1v) is 10.9. The van der Waals surface area contributed by atoms with Crippen LogP contribution in [0.15, 0.2) is 88.5 Å². The second-order valence-corrected chi connectivity index (χ2v) is 8.07. The van der Waals surface area contributed by atoms with E-state index in [1.165, 1.54) is 10.9 Å². The number of H-pyrrole nitrogens is 1. The Hall–Kier alpha value is -3.38. The Balaban J connectivity index is 1.54. The number of amides is 1. The highest BCUT2D eigenvalue weighted by Gasteiger charge is 2.13. The van der Waals surface area contributed by atoms with Crippen molar-refractivity contribution in [1.82, 2.24) is 10.3 Å². The van der Waals surface area contributed by atoms with E-state index < -0.39 is 0 Å². The zero-order valence-corrected chi connectivity index (χ0v) is 18.7. The molecule has 0 aliphatic heterocycles. The number of aromatic nitrogens is 1. The van der Waals surface area contributed by atoms with Crippen LogP contribution in [0.1, 0.15) is 21.5 Å². The number of rotatable bonds is 5. The van der Waals surface area contributed by atoms with E-state index in [1.54, 1.807) is 6.07 Å². The van der Waals surface area contributed by atoms with Crippen molar-refractivity contribution in [2.75, 3.05) is 11.9 Å². The minimum atomic E-state index is -0.223. The highest BCUT2D eigenvalue weighted by molar-refractivity contribution is 9.10. The molecular formula is C25H23BrN4O. The van der Waals surface area contributed by atoms with E-state index in [2.05, 4.69) is 48.7 Å². The van der Waals surface area contributed by atoms with Gasteiger partial charge < -0.3 is 10.3 Å². The topological polar surface area (TPSA) is 69.3 Å². The van der Waals surface area contributed by atoms with Gasteiger partial charge in [-0.25, -0.2) is 0 Å². The first-order chi connectivity index (χ1) is 15.1. The van der Waals surface area contributed by atoms with Crippen LogP contribution in [0.4, 0.5) is 5.69 Å². The van der Waals surface area contributed by atoms with Crippen molar-refractivity contribution in [3.63, 3.8) is 0 Å². The van der Waals surface area contributed by atoms with Crippen LogP contribution in [0.2, 0.25) is 0 Å². The van der Waals surface area contributed by atoms with Gasteiger partial charge in [-0.2, -0.15) is 0 Å². The molecule has 0 bridgehead atoms. The molecule has 3 aromatic carbocycles. The van der Waals surface area contributed by atoms with E-state index in [4.69, 9.17) is 0 Å². The van der Waals surface area contributed by atoms with Crippen LogP contribution in [0.25, 0.3) is 10.9 Å². The molecule has 0 aliphatic rings. The quantitative estimate of drug-likeness (QED) is 0.257. The van der Waals surface area contributed by atoms with Crippen LogP contribution in [0.3, 0.4) is 0 Å². The van der Waals surface area contributed by atoms with Crippen molar-refractivity contribution in [3.8, 4) is 0 Å². The lowest BCUT2D eigenvalue weighted by Gasteiger charge is -2.14. The summed E-state index contributed by atoms with van der Waals surface area (Å²) in [7, 11) is 0. The molecule has 0 aliphatic carbocycles. The van der Waals surface area contributed by atoms with Crippen molar-refractivity contribution in [3.05, 3.63) is 100 Å². The van der Waals surface area contributed by atoms with Gasteiger partial charge in [-0.05, 0) is 64.7 Å². The van der Waals surface area contributed by atoms with E-state index in [1.807, 2.05) is 67.7 Å². The van der Waals surface area contributed by atoms with Gasteiger partial charge in [0.05, 0.1) is 5.56 Å². The molecule has 0 unspecified atom stereocenters. The van der Waals surface area contributed by atoms with Gasteiger partial charge in [-0.15, -0.1) is 0 Å². The molecule has 1 heterocycles. The Morgan fingerprint density at radius 1 is 1.00 bits per heavy atom. The molecule has 0 atom stereocenters. The van der Waals surface area contributed by atoms with E-state index in [0.29, 0.717) is 18.1 Å². The number of nitrogens with zero attached hydrogens (tertiary/aromatic N) is 1. The maximum absolute atomic E-state index is 12.9. The van der Waals surface area contributed by atoms with Gasteiger partial charge >= 0.3 is 0 Å². The van der Waals surface area contributed by atoms with E-state index in [0.717, 1.165) is 27.7 Å². The van der Waals surface area contributed by atoms with E-state index in [-0.39, 0.29) is 5.91 Å². The average molecular weight is 475 g/mol. The van der Waals surface area contributed by atoms with Crippen LogP contribution >= 0.6 is 15.9 Å². The van der Waals surface area contributed by atoms with Crippen molar-refractivity contribution in [2.24, 2.45) is 4.99 Å². The summed E-state index contributed by atoms with van der Waals surface area (Å²) in [5.41, 5.74) is 4.84. The summed E-state index contributed by atoms with van der Waals surface area (Å²) in [4.78, 5) is 20.8. The molecule has 3 N–H and O–H groups in total. The number of anilines is 1. The molecule has 6 heteroatoms. The van der Waals surface area contributed by atoms with Gasteiger partial charge in [0, 0.05) is 33.8 Å². The number of fused-ring (bicyclic) bond motifs is 1. The number of nitrogens with one attached hydrogen (secondary N) is 3. The fraction of sp³-hybridized carbons (Fsp3) is 0.120. The van der Waals surface area contributed by atoms with Crippen molar-refractivity contribution >= 4 is 44.4 Å². The molecule has 0 spiro atoms. The number of carbonyl (C=O) groups is 1. The van der Waals surface area contributed by atoms with Gasteiger partial charge in [0.2, 0.25) is 5.96 Å². The smallest absolute Gasteiger partial charge is 0.259 e. The summed E-state index contributed by atoms with van der Waals surface area (Å²) in [5.74, 6) is 0.203. The number of aliphatic imine (C=N–C) groups is 1. The molecule has 1 amide bonds. The first-order valence-electron chi connectivity index (χ1n) is 10.1. The Morgan fingerprint density at radius 3 is 2.58 bits per heavy atom. The highest BCUT2D eigenvalue weighted by atomic mass is 79.9. The van der Waals surface area contributed by atoms with Crippen LogP contribution in [0.5, 0.6) is 0 Å². The van der Waals surface area contributed by atoms with Crippen molar-refractivity contribution < 1.29 is 4.79 Å². The Labute approximate surface area is 189 Å². The summed E-state index contributed by atoms with van der Waals surface area (Å²) in [6.07, 6.45) is 2.78. The van der Waals surface area contributed by atoms with Gasteiger partial charge in [0.1, 0.15) is 0 Å². The molecule has 5 nitrogen and oxygen atoms in total. The summed E-state index contributed by atoms with van der Waals surface area (Å²) >= 11 is 3.44. The standard InChI is InChI=1S/C25H23BrN4O/c1-17-8-2-6-12-22(17)29-25(30-24(31)20-10-3-5-11-21(20)26)27-15-14-18-16-28-23-13-7-4-9-19(18)23/h2-13,16,28H,14-15H2,1H3,(H2,27,29,30,31). The third-order valence-electron chi connectivity index (χ3n) is 5.07. The number of benzene rings is 3. The zero-order valence-electron chi connectivity index (χ0n) is 17.2. The van der Waals surface area contributed by atoms with Gasteiger partial charge in [0.25, 0.3) is 5.91 Å². The number of hydrogen-bond acceptors (Lipinski definition) is 2. The lowest BCUT2D eigenvalue weighted by molar-refractivity contribution is 0.0976. The first kappa shape index (κ1) is 20.9. The number of aryl methyl sites for hydroxylation is 1. The maximum atomic E-state index is 12.9. The van der Waals surface area contributed by atoms with Gasteiger partial charge in [0.15, 0.2) is 0 Å². The Morgan fingerprint density at radius 2 is 1.74 bits per heavy atom. The van der Waals surface area contributed by atoms with Gasteiger partial charge in [-0.3, -0.25) is 15.1 Å². The molecular weight excluding hydrogens is 452 g/mol. The van der Waals surface area contributed by atoms with Crippen molar-refractivity contribution in [2.45, 2.75) is 13.3 Å². The van der Waals surface area contributed by atoms with E-state index in [9.17, 15) is 4.79 Å². The second-order valence-electron chi connectivity index (χ2n) is 7.21. The number of para-hydroxylation sites is 2. The fourth-order valence-electron chi connectivity index (χ4n) is 3.40. The summed E-state index contributed by atoms with van der Waals surface area (Å²) < 4.78 is 0.738. The monoisotopic (exact) mass is 474 g/mol. The number of carbonyl (C=O) groups excluding carboxylic acids is 1. The lowest BCUT2D eigenvalue weighted by Crippen LogP contribution is -2.36. The lowest BCUT2D eigenvalue weighted by atomic mass is 10.1. The van der Waals surface area contributed by atoms with E-state index >= 15 is 0 Å². The minimum Gasteiger partial charge on any atom is -0.361 e. The SMILES string of the molecule is Cc1ccccc1NC(=NCCc1c[nH]c2ccccc12)NC(=O)c1ccccc1Br. The third-order valence-corrected chi connectivity index (χ3v) is 5.77. The molecule has 4 aromatic rings. The molecule has 0 saturated heterocycles. The second kappa shape index (κ2) is 9.62. The van der Waals surface area contributed by atoms with Crippen molar-refractivity contribution in [1.29, 1.82) is 0 Å². The number of guanidine groups is 1. The number of halogens is 1. The largest absolute Gasteiger partial charge is 0.361 e. The fourth-order valence-corrected chi connectivity index (χ4v) is 3.86. The van der Waals surface area contributed by atoms with Gasteiger partial charge in [-0.1, -0.05) is 48.5 Å². The Bertz CT molecular complexity index is 1250. The van der Waals surface area contributed by atoms with Crippen LogP contribution in [-0.4, -0.2) is 23.4 Å². The molecule has 0 saturated carbocycles. The summed E-state index contributed by atoms with van der Waals surface area (Å²) in [5, 5.41) is 7.41. The maximum Gasteiger partial charge on any atom is 0.259 e. The van der Waals surface area contributed by atoms with Crippen LogP contribution < -0.4 is 10.6 Å². The highest BCUT2D eigenvalue weighted by Crippen LogP contribution is 2.19. The summed E-state index contributed by atoms with van der Waals surface area (Å²) in [6.45, 7) is 2.55. The molecule has 1 aromatic heterocycles. The molecule has 156 valence electrons. The molecule has 0 radical (unpaired) electrons. The molecule has 4 rings (SSSR count). The third kappa shape index (κ3) is 5.03. The van der Waals surface area contributed by atoms with Crippen LogP contribution in [-0.2, 0) is 6.42 Å². The Kier molecular flexibility index (Phi) is 6.48. The minimum absolute atomic E-state index is 0.223. The normalized spacial score (nSPS) is 11.5. The zero-order chi connectivity index (χ0) is 21.6.